The van der Waals surface area contributed by atoms with Crippen molar-refractivity contribution in [3.8, 4) is 11.8 Å². The van der Waals surface area contributed by atoms with Crippen LogP contribution in [0.2, 0.25) is 0 Å². The van der Waals surface area contributed by atoms with E-state index in [0.717, 1.165) is 12.3 Å². The zero-order valence-electron chi connectivity index (χ0n) is 11.2. The molecule has 0 fully saturated rings. The van der Waals surface area contributed by atoms with Crippen LogP contribution in [0.25, 0.3) is 0 Å². The van der Waals surface area contributed by atoms with Crippen molar-refractivity contribution in [2.45, 2.75) is 4.90 Å². The van der Waals surface area contributed by atoms with E-state index in [4.69, 9.17) is 9.47 Å². The van der Waals surface area contributed by atoms with Gasteiger partial charge in [-0.1, -0.05) is 0 Å². The first-order valence-electron chi connectivity index (χ1n) is 5.63. The summed E-state index contributed by atoms with van der Waals surface area (Å²) in [4.78, 5) is 20.8. The van der Waals surface area contributed by atoms with Crippen LogP contribution in [0.4, 0.5) is 5.95 Å². The van der Waals surface area contributed by atoms with Gasteiger partial charge in [-0.05, 0) is 6.07 Å². The fourth-order valence-electron chi connectivity index (χ4n) is 1.40. The van der Waals surface area contributed by atoms with Gasteiger partial charge in [0.15, 0.2) is 0 Å². The molecule has 0 saturated carbocycles. The molecular weight excluding hydrogens is 300 g/mol. The van der Waals surface area contributed by atoms with Gasteiger partial charge in [0.25, 0.3) is 10.0 Å². The predicted molar refractivity (Wildman–Crippen MR) is 73.0 cm³/mol. The smallest absolute Gasteiger partial charge is 0.265 e. The summed E-state index contributed by atoms with van der Waals surface area (Å²) < 4.78 is 36.2. The molecule has 0 amide bonds. The van der Waals surface area contributed by atoms with Crippen LogP contribution in [0.1, 0.15) is 0 Å². The molecule has 9 nitrogen and oxygen atoms in total. The van der Waals surface area contributed by atoms with Gasteiger partial charge >= 0.3 is 0 Å². The first-order chi connectivity index (χ1) is 9.94. The van der Waals surface area contributed by atoms with Gasteiger partial charge in [-0.2, -0.15) is 9.97 Å². The van der Waals surface area contributed by atoms with Crippen molar-refractivity contribution < 1.29 is 17.9 Å². The van der Waals surface area contributed by atoms with Gasteiger partial charge < -0.3 is 14.5 Å². The number of H-pyrrole nitrogens is 1. The van der Waals surface area contributed by atoms with Crippen molar-refractivity contribution >= 4 is 16.0 Å². The lowest BCUT2D eigenvalue weighted by Crippen LogP contribution is -2.17. The minimum Gasteiger partial charge on any atom is -0.481 e. The molecule has 2 aromatic heterocycles. The Bertz CT molecular complexity index is 760. The van der Waals surface area contributed by atoms with Crippen LogP contribution < -0.4 is 19.8 Å². The summed E-state index contributed by atoms with van der Waals surface area (Å²) in [6.07, 6.45) is 1.07. The molecule has 0 aliphatic rings. The molecule has 0 radical (unpaired) electrons. The standard InChI is InChI=1S/C11H12N4O5S/c1-19-9-5-10(20-2)14-11(13-9)15-21(17,18)7-3-4-8(16)12-6-7/h3-6H,1-2H3,(H,12,16)(H,13,14,15). The van der Waals surface area contributed by atoms with Crippen LogP contribution >= 0.6 is 0 Å². The quantitative estimate of drug-likeness (QED) is 0.795. The van der Waals surface area contributed by atoms with E-state index in [1.165, 1.54) is 26.4 Å². The number of anilines is 1. The Kier molecular flexibility index (Phi) is 4.08. The molecule has 0 aliphatic carbocycles. The maximum atomic E-state index is 12.1. The van der Waals surface area contributed by atoms with E-state index in [0.29, 0.717) is 0 Å². The summed E-state index contributed by atoms with van der Waals surface area (Å²) in [6.45, 7) is 0. The van der Waals surface area contributed by atoms with Crippen molar-refractivity contribution in [1.29, 1.82) is 0 Å². The average Bonchev–Trinajstić information content (AvgIpc) is 2.46. The van der Waals surface area contributed by atoms with Gasteiger partial charge in [-0.25, -0.2) is 13.1 Å². The highest BCUT2D eigenvalue weighted by atomic mass is 32.2. The molecule has 2 N–H and O–H groups in total. The van der Waals surface area contributed by atoms with Gasteiger partial charge in [0.05, 0.1) is 20.3 Å². The van der Waals surface area contributed by atoms with Crippen LogP contribution in [0.15, 0.2) is 34.1 Å². The second-order valence-corrected chi connectivity index (χ2v) is 5.45. The van der Waals surface area contributed by atoms with E-state index in [1.54, 1.807) is 0 Å². The predicted octanol–water partition coefficient (Wildman–Crippen LogP) is -0.0171. The summed E-state index contributed by atoms with van der Waals surface area (Å²) in [7, 11) is -1.18. The van der Waals surface area contributed by atoms with Crippen molar-refractivity contribution in [3.05, 3.63) is 34.7 Å². The molecule has 0 bridgehead atoms. The molecule has 10 heteroatoms. The Balaban J connectivity index is 2.36. The Hall–Kier alpha value is -2.62. The number of ether oxygens (including phenoxy) is 2. The summed E-state index contributed by atoms with van der Waals surface area (Å²) in [6, 6.07) is 3.66. The molecule has 2 heterocycles. The monoisotopic (exact) mass is 312 g/mol. The molecule has 0 aromatic carbocycles. The van der Waals surface area contributed by atoms with Crippen LogP contribution in [0, 0.1) is 0 Å². The number of methoxy groups -OCH3 is 2. The number of aromatic nitrogens is 3. The van der Waals surface area contributed by atoms with E-state index in [1.807, 2.05) is 0 Å². The minimum atomic E-state index is -3.94. The summed E-state index contributed by atoms with van der Waals surface area (Å²) in [5, 5.41) is 0. The average molecular weight is 312 g/mol. The van der Waals surface area contributed by atoms with Crippen molar-refractivity contribution in [1.82, 2.24) is 15.0 Å². The number of nitrogens with one attached hydrogen (secondary N) is 2. The highest BCUT2D eigenvalue weighted by Crippen LogP contribution is 2.19. The van der Waals surface area contributed by atoms with E-state index < -0.39 is 15.6 Å². The third-order valence-corrected chi connectivity index (χ3v) is 3.71. The van der Waals surface area contributed by atoms with Gasteiger partial charge in [0.1, 0.15) is 4.90 Å². The van der Waals surface area contributed by atoms with Crippen molar-refractivity contribution in [3.63, 3.8) is 0 Å². The number of pyridine rings is 1. The number of hydrogen-bond acceptors (Lipinski definition) is 7. The first kappa shape index (κ1) is 14.8. The zero-order chi connectivity index (χ0) is 15.5. The largest absolute Gasteiger partial charge is 0.481 e. The van der Waals surface area contributed by atoms with E-state index in [-0.39, 0.29) is 22.6 Å². The number of rotatable bonds is 5. The molecule has 0 spiro atoms. The second-order valence-electron chi connectivity index (χ2n) is 3.77. The van der Waals surface area contributed by atoms with Crippen LogP contribution in [0.5, 0.6) is 11.8 Å². The lowest BCUT2D eigenvalue weighted by atomic mass is 10.5. The van der Waals surface area contributed by atoms with Crippen molar-refractivity contribution in [2.24, 2.45) is 0 Å². The van der Waals surface area contributed by atoms with Gasteiger partial charge in [0.2, 0.25) is 23.3 Å². The topological polar surface area (TPSA) is 123 Å². The SMILES string of the molecule is COc1cc(OC)nc(NS(=O)(=O)c2ccc(=O)[nH]c2)n1. The van der Waals surface area contributed by atoms with Crippen LogP contribution in [-0.4, -0.2) is 37.6 Å². The molecule has 0 unspecified atom stereocenters. The Labute approximate surface area is 120 Å². The lowest BCUT2D eigenvalue weighted by Gasteiger charge is -2.08. The maximum Gasteiger partial charge on any atom is 0.265 e. The zero-order valence-corrected chi connectivity index (χ0v) is 12.0. The Morgan fingerprint density at radius 3 is 2.24 bits per heavy atom. The van der Waals surface area contributed by atoms with E-state index in [9.17, 15) is 13.2 Å². The van der Waals surface area contributed by atoms with Crippen LogP contribution in [0.3, 0.4) is 0 Å². The summed E-state index contributed by atoms with van der Waals surface area (Å²) in [5.41, 5.74) is -0.409. The highest BCUT2D eigenvalue weighted by molar-refractivity contribution is 7.92. The third-order valence-electron chi connectivity index (χ3n) is 2.39. The molecule has 0 saturated heterocycles. The number of nitrogens with zero attached hydrogens (tertiary/aromatic N) is 2. The molecule has 21 heavy (non-hydrogen) atoms. The van der Waals surface area contributed by atoms with Crippen molar-refractivity contribution in [2.75, 3.05) is 18.9 Å². The normalized spacial score (nSPS) is 11.0. The molecule has 2 aromatic rings. The molecule has 0 aliphatic heterocycles. The Morgan fingerprint density at radius 1 is 1.14 bits per heavy atom. The number of aromatic amines is 1. The fourth-order valence-corrected chi connectivity index (χ4v) is 2.31. The minimum absolute atomic E-state index is 0.132. The molecule has 0 atom stereocenters. The summed E-state index contributed by atoms with van der Waals surface area (Å²) >= 11 is 0. The number of hydrogen-bond donors (Lipinski definition) is 2. The molecule has 112 valence electrons. The van der Waals surface area contributed by atoms with Gasteiger partial charge in [0, 0.05) is 12.3 Å². The maximum absolute atomic E-state index is 12.1. The van der Waals surface area contributed by atoms with E-state index in [2.05, 4.69) is 19.7 Å². The van der Waals surface area contributed by atoms with Crippen LogP contribution in [-0.2, 0) is 10.0 Å². The highest BCUT2D eigenvalue weighted by Gasteiger charge is 2.17. The lowest BCUT2D eigenvalue weighted by molar-refractivity contribution is 0.373. The first-order valence-corrected chi connectivity index (χ1v) is 7.11. The van der Waals surface area contributed by atoms with Gasteiger partial charge in [-0.3, -0.25) is 4.79 Å². The summed E-state index contributed by atoms with van der Waals surface area (Å²) in [5.74, 6) is 0.0689. The van der Waals surface area contributed by atoms with Gasteiger partial charge in [-0.15, -0.1) is 0 Å². The third kappa shape index (κ3) is 3.48. The fraction of sp³-hybridized carbons (Fsp3) is 0.182. The second kappa shape index (κ2) is 5.79. The van der Waals surface area contributed by atoms with E-state index >= 15 is 0 Å². The Morgan fingerprint density at radius 2 is 1.76 bits per heavy atom. The number of sulfonamides is 1. The molecule has 2 rings (SSSR count). The molecular formula is C11H12N4O5S.